The molecule has 1 rings (SSSR count). The zero-order valence-electron chi connectivity index (χ0n) is 10.5. The summed E-state index contributed by atoms with van der Waals surface area (Å²) in [6, 6.07) is 2.35. The van der Waals surface area contributed by atoms with E-state index in [0.29, 0.717) is 12.0 Å². The van der Waals surface area contributed by atoms with Crippen LogP contribution >= 0.6 is 0 Å². The van der Waals surface area contributed by atoms with Crippen LogP contribution in [0.2, 0.25) is 0 Å². The van der Waals surface area contributed by atoms with Crippen molar-refractivity contribution in [2.75, 3.05) is 12.3 Å². The van der Waals surface area contributed by atoms with Gasteiger partial charge >= 0.3 is 0 Å². The maximum atomic E-state index is 5.93. The van der Waals surface area contributed by atoms with Crippen molar-refractivity contribution in [1.29, 1.82) is 0 Å². The van der Waals surface area contributed by atoms with Gasteiger partial charge in [0.1, 0.15) is 0 Å². The van der Waals surface area contributed by atoms with Crippen LogP contribution in [0.1, 0.15) is 32.8 Å². The van der Waals surface area contributed by atoms with Crippen molar-refractivity contribution in [3.05, 3.63) is 24.0 Å². The van der Waals surface area contributed by atoms with Crippen molar-refractivity contribution in [1.82, 2.24) is 10.3 Å². The number of aromatic nitrogens is 1. The summed E-state index contributed by atoms with van der Waals surface area (Å²) in [4.78, 5) is 4.13. The largest absolute Gasteiger partial charge is 0.398 e. The van der Waals surface area contributed by atoms with E-state index in [1.54, 1.807) is 6.20 Å². The Bertz CT molecular complexity index is 310. The van der Waals surface area contributed by atoms with Gasteiger partial charge in [0, 0.05) is 24.1 Å². The molecule has 3 heteroatoms. The van der Waals surface area contributed by atoms with Gasteiger partial charge in [-0.25, -0.2) is 0 Å². The number of pyridine rings is 1. The third-order valence-electron chi connectivity index (χ3n) is 2.84. The van der Waals surface area contributed by atoms with Crippen LogP contribution < -0.4 is 11.1 Å². The Balaban J connectivity index is 2.64. The molecule has 1 aromatic heterocycles. The third kappa shape index (κ3) is 3.81. The molecule has 16 heavy (non-hydrogen) atoms. The lowest BCUT2D eigenvalue weighted by Gasteiger charge is -2.22. The molecule has 0 aliphatic heterocycles. The summed E-state index contributed by atoms with van der Waals surface area (Å²) in [7, 11) is 0. The number of nitrogens with two attached hydrogens (primary N) is 1. The van der Waals surface area contributed by atoms with E-state index in [1.165, 1.54) is 0 Å². The van der Waals surface area contributed by atoms with E-state index in [-0.39, 0.29) is 0 Å². The second-order valence-electron chi connectivity index (χ2n) is 4.58. The van der Waals surface area contributed by atoms with Crippen molar-refractivity contribution in [2.45, 2.75) is 39.7 Å². The Morgan fingerprint density at radius 1 is 1.44 bits per heavy atom. The second-order valence-corrected chi connectivity index (χ2v) is 4.58. The molecular formula is C13H23N3. The maximum Gasteiger partial charge on any atom is 0.0378 e. The van der Waals surface area contributed by atoms with Crippen LogP contribution in [0.25, 0.3) is 0 Å². The number of hydrogen-bond donors (Lipinski definition) is 2. The molecule has 0 saturated carbocycles. The molecule has 3 N–H and O–H groups in total. The SMILES string of the molecule is CCCNC(Cc1cnccc1N)C(C)C. The first-order valence-electron chi connectivity index (χ1n) is 6.06. The number of anilines is 1. The van der Waals surface area contributed by atoms with Crippen LogP contribution in [0.3, 0.4) is 0 Å². The van der Waals surface area contributed by atoms with Crippen LogP contribution in [-0.4, -0.2) is 17.6 Å². The van der Waals surface area contributed by atoms with E-state index in [2.05, 4.69) is 31.1 Å². The van der Waals surface area contributed by atoms with Gasteiger partial charge in [-0.3, -0.25) is 4.98 Å². The van der Waals surface area contributed by atoms with E-state index < -0.39 is 0 Å². The standard InChI is InChI=1S/C13H23N3/c1-4-6-16-13(10(2)3)8-11-9-15-7-5-12(11)14/h5,7,9-10,13,16H,4,6,8H2,1-3H3,(H2,14,15). The minimum atomic E-state index is 0.478. The summed E-state index contributed by atoms with van der Waals surface area (Å²) in [6.45, 7) is 7.71. The first-order chi connectivity index (χ1) is 7.65. The Morgan fingerprint density at radius 2 is 2.19 bits per heavy atom. The Morgan fingerprint density at radius 3 is 2.75 bits per heavy atom. The first-order valence-corrected chi connectivity index (χ1v) is 6.06. The third-order valence-corrected chi connectivity index (χ3v) is 2.84. The molecule has 1 heterocycles. The van der Waals surface area contributed by atoms with E-state index >= 15 is 0 Å². The van der Waals surface area contributed by atoms with Crippen LogP contribution in [0.4, 0.5) is 5.69 Å². The summed E-state index contributed by atoms with van der Waals surface area (Å²) in [5.41, 5.74) is 7.92. The number of nitrogens with zero attached hydrogens (tertiary/aromatic N) is 1. The minimum Gasteiger partial charge on any atom is -0.398 e. The fourth-order valence-electron chi connectivity index (χ4n) is 1.72. The van der Waals surface area contributed by atoms with Gasteiger partial charge in [0.2, 0.25) is 0 Å². The molecule has 0 radical (unpaired) electrons. The fraction of sp³-hybridized carbons (Fsp3) is 0.615. The predicted molar refractivity (Wildman–Crippen MR) is 69.3 cm³/mol. The molecule has 90 valence electrons. The van der Waals surface area contributed by atoms with Crippen LogP contribution in [0.15, 0.2) is 18.5 Å². The van der Waals surface area contributed by atoms with Gasteiger partial charge in [0.15, 0.2) is 0 Å². The van der Waals surface area contributed by atoms with E-state index in [0.717, 1.165) is 30.6 Å². The van der Waals surface area contributed by atoms with Crippen LogP contribution in [0, 0.1) is 5.92 Å². The average Bonchev–Trinajstić information content (AvgIpc) is 2.26. The summed E-state index contributed by atoms with van der Waals surface area (Å²) in [5.74, 6) is 0.603. The highest BCUT2D eigenvalue weighted by Gasteiger charge is 2.14. The van der Waals surface area contributed by atoms with Crippen LogP contribution in [-0.2, 0) is 6.42 Å². The summed E-state index contributed by atoms with van der Waals surface area (Å²) in [5, 5.41) is 3.56. The van der Waals surface area contributed by atoms with E-state index in [1.807, 2.05) is 12.3 Å². The van der Waals surface area contributed by atoms with Gasteiger partial charge < -0.3 is 11.1 Å². The van der Waals surface area contributed by atoms with Crippen molar-refractivity contribution in [3.63, 3.8) is 0 Å². The number of rotatable bonds is 6. The van der Waals surface area contributed by atoms with Gasteiger partial charge in [0.05, 0.1) is 0 Å². The minimum absolute atomic E-state index is 0.478. The summed E-state index contributed by atoms with van der Waals surface area (Å²) >= 11 is 0. The van der Waals surface area contributed by atoms with E-state index in [4.69, 9.17) is 5.73 Å². The zero-order valence-corrected chi connectivity index (χ0v) is 10.5. The number of hydrogen-bond acceptors (Lipinski definition) is 3. The number of nitrogen functional groups attached to an aromatic ring is 1. The molecule has 1 unspecified atom stereocenters. The fourth-order valence-corrected chi connectivity index (χ4v) is 1.72. The molecule has 3 nitrogen and oxygen atoms in total. The first kappa shape index (κ1) is 13.0. The normalized spacial score (nSPS) is 13.0. The predicted octanol–water partition coefficient (Wildman–Crippen LogP) is 2.23. The lowest BCUT2D eigenvalue weighted by atomic mass is 9.96. The molecule has 0 saturated heterocycles. The van der Waals surface area contributed by atoms with E-state index in [9.17, 15) is 0 Å². The van der Waals surface area contributed by atoms with Crippen molar-refractivity contribution in [3.8, 4) is 0 Å². The second kappa shape index (κ2) is 6.48. The van der Waals surface area contributed by atoms with Gasteiger partial charge in [-0.15, -0.1) is 0 Å². The molecule has 1 aromatic rings. The lowest BCUT2D eigenvalue weighted by Crippen LogP contribution is -2.36. The average molecular weight is 221 g/mol. The smallest absolute Gasteiger partial charge is 0.0378 e. The Hall–Kier alpha value is -1.09. The molecule has 0 amide bonds. The molecule has 1 atom stereocenters. The van der Waals surface area contributed by atoms with Gasteiger partial charge in [0.25, 0.3) is 0 Å². The molecule has 0 aliphatic rings. The van der Waals surface area contributed by atoms with Gasteiger partial charge in [-0.1, -0.05) is 20.8 Å². The lowest BCUT2D eigenvalue weighted by molar-refractivity contribution is 0.397. The molecule has 0 aliphatic carbocycles. The highest BCUT2D eigenvalue weighted by atomic mass is 14.9. The Kier molecular flexibility index (Phi) is 5.26. The number of nitrogens with one attached hydrogen (secondary N) is 1. The van der Waals surface area contributed by atoms with Crippen molar-refractivity contribution in [2.24, 2.45) is 5.92 Å². The molecule has 0 bridgehead atoms. The van der Waals surface area contributed by atoms with Crippen LogP contribution in [0.5, 0.6) is 0 Å². The quantitative estimate of drug-likeness (QED) is 0.774. The van der Waals surface area contributed by atoms with Gasteiger partial charge in [-0.2, -0.15) is 0 Å². The zero-order chi connectivity index (χ0) is 12.0. The Labute approximate surface area is 98.5 Å². The summed E-state index contributed by atoms with van der Waals surface area (Å²) in [6.07, 6.45) is 5.73. The molecule has 0 fully saturated rings. The summed E-state index contributed by atoms with van der Waals surface area (Å²) < 4.78 is 0. The van der Waals surface area contributed by atoms with Gasteiger partial charge in [-0.05, 0) is 36.9 Å². The highest BCUT2D eigenvalue weighted by Crippen LogP contribution is 2.15. The topological polar surface area (TPSA) is 50.9 Å². The maximum absolute atomic E-state index is 5.93. The molecule has 0 spiro atoms. The highest BCUT2D eigenvalue weighted by molar-refractivity contribution is 5.44. The molecular weight excluding hydrogens is 198 g/mol. The van der Waals surface area contributed by atoms with Crippen molar-refractivity contribution < 1.29 is 0 Å². The van der Waals surface area contributed by atoms with Crippen molar-refractivity contribution >= 4 is 5.69 Å². The monoisotopic (exact) mass is 221 g/mol. The molecule has 0 aromatic carbocycles.